The van der Waals surface area contributed by atoms with E-state index >= 15 is 0 Å². The molecule has 1 aliphatic heterocycles. The minimum atomic E-state index is -0.748. The van der Waals surface area contributed by atoms with Gasteiger partial charge in [0.15, 0.2) is 0 Å². The van der Waals surface area contributed by atoms with Crippen LogP contribution in [0.15, 0.2) is 24.5 Å². The average molecular weight is 341 g/mol. The van der Waals surface area contributed by atoms with Crippen LogP contribution in [0.1, 0.15) is 45.1 Å². The number of carbonyl (C=O) groups excluding carboxylic acids is 1. The summed E-state index contributed by atoms with van der Waals surface area (Å²) in [7, 11) is 0. The third-order valence-corrected chi connectivity index (χ3v) is 4.34. The van der Waals surface area contributed by atoms with Gasteiger partial charge in [0, 0.05) is 38.1 Å². The van der Waals surface area contributed by atoms with Crippen molar-refractivity contribution in [2.45, 2.75) is 57.7 Å². The molecule has 1 unspecified atom stereocenters. The highest BCUT2D eigenvalue weighted by Gasteiger charge is 2.30. The summed E-state index contributed by atoms with van der Waals surface area (Å²) >= 11 is 0. The molecule has 0 radical (unpaired) electrons. The number of aromatic nitrogens is 1. The number of nitrogens with one attached hydrogen (secondary N) is 1. The standard InChI is InChI=1S/C17H28N4O.ClH/c1-3-8-17(2,18)16(22)20-15-6-10-21(11-7-15)13-14-5-4-9-19-12-14;/h4-5,9,12,15H,3,6-8,10-11,13,18H2,1-2H3,(H,20,22);1H. The van der Waals surface area contributed by atoms with Crippen molar-refractivity contribution in [3.8, 4) is 0 Å². The monoisotopic (exact) mass is 340 g/mol. The van der Waals surface area contributed by atoms with E-state index in [1.54, 1.807) is 6.20 Å². The largest absolute Gasteiger partial charge is 0.352 e. The lowest BCUT2D eigenvalue weighted by Crippen LogP contribution is -2.55. The van der Waals surface area contributed by atoms with Gasteiger partial charge in [-0.1, -0.05) is 19.4 Å². The first-order chi connectivity index (χ1) is 10.5. The summed E-state index contributed by atoms with van der Waals surface area (Å²) in [6.07, 6.45) is 7.31. The highest BCUT2D eigenvalue weighted by atomic mass is 35.5. The topological polar surface area (TPSA) is 71.2 Å². The molecule has 2 heterocycles. The number of hydrogen-bond acceptors (Lipinski definition) is 4. The molecule has 1 atom stereocenters. The molecule has 130 valence electrons. The molecule has 0 bridgehead atoms. The summed E-state index contributed by atoms with van der Waals surface area (Å²) < 4.78 is 0. The van der Waals surface area contributed by atoms with E-state index in [1.165, 1.54) is 5.56 Å². The van der Waals surface area contributed by atoms with Gasteiger partial charge in [-0.25, -0.2) is 0 Å². The van der Waals surface area contributed by atoms with Crippen LogP contribution in [-0.2, 0) is 11.3 Å². The number of hydrogen-bond donors (Lipinski definition) is 2. The van der Waals surface area contributed by atoms with Crippen LogP contribution in [0.25, 0.3) is 0 Å². The fourth-order valence-corrected chi connectivity index (χ4v) is 2.97. The van der Waals surface area contributed by atoms with Gasteiger partial charge >= 0.3 is 0 Å². The van der Waals surface area contributed by atoms with Crippen LogP contribution in [0.4, 0.5) is 0 Å². The zero-order valence-corrected chi connectivity index (χ0v) is 14.9. The van der Waals surface area contributed by atoms with Crippen molar-refractivity contribution in [1.82, 2.24) is 15.2 Å². The van der Waals surface area contributed by atoms with Gasteiger partial charge < -0.3 is 11.1 Å². The van der Waals surface area contributed by atoms with E-state index in [0.717, 1.165) is 45.3 Å². The molecular weight excluding hydrogens is 312 g/mol. The van der Waals surface area contributed by atoms with Gasteiger partial charge in [-0.2, -0.15) is 0 Å². The minimum Gasteiger partial charge on any atom is -0.352 e. The molecule has 1 fully saturated rings. The van der Waals surface area contributed by atoms with Crippen molar-refractivity contribution in [3.63, 3.8) is 0 Å². The van der Waals surface area contributed by atoms with Crippen LogP contribution in [-0.4, -0.2) is 40.5 Å². The van der Waals surface area contributed by atoms with Crippen LogP contribution in [0.3, 0.4) is 0 Å². The Hall–Kier alpha value is -1.17. The van der Waals surface area contributed by atoms with E-state index < -0.39 is 5.54 Å². The highest BCUT2D eigenvalue weighted by Crippen LogP contribution is 2.15. The molecule has 0 aliphatic carbocycles. The minimum absolute atomic E-state index is 0. The van der Waals surface area contributed by atoms with E-state index in [4.69, 9.17) is 5.73 Å². The SMILES string of the molecule is CCCC(C)(N)C(=O)NC1CCN(Cc2cccnc2)CC1.Cl. The number of nitrogens with zero attached hydrogens (tertiary/aromatic N) is 2. The van der Waals surface area contributed by atoms with E-state index in [2.05, 4.69) is 28.2 Å². The predicted molar refractivity (Wildman–Crippen MR) is 95.4 cm³/mol. The van der Waals surface area contributed by atoms with Crippen molar-refractivity contribution in [3.05, 3.63) is 30.1 Å². The Morgan fingerprint density at radius 3 is 2.74 bits per heavy atom. The third-order valence-electron chi connectivity index (χ3n) is 4.34. The molecule has 1 aromatic heterocycles. The predicted octanol–water partition coefficient (Wildman–Crippen LogP) is 2.10. The zero-order valence-electron chi connectivity index (χ0n) is 14.1. The van der Waals surface area contributed by atoms with Crippen molar-refractivity contribution < 1.29 is 4.79 Å². The molecule has 0 saturated carbocycles. The molecule has 1 amide bonds. The van der Waals surface area contributed by atoms with Crippen LogP contribution in [0.5, 0.6) is 0 Å². The summed E-state index contributed by atoms with van der Waals surface area (Å²) in [5.41, 5.74) is 6.58. The second-order valence-corrected chi connectivity index (χ2v) is 6.55. The second-order valence-electron chi connectivity index (χ2n) is 6.55. The quantitative estimate of drug-likeness (QED) is 0.832. The Balaban J connectivity index is 0.00000264. The van der Waals surface area contributed by atoms with Crippen LogP contribution in [0, 0.1) is 0 Å². The van der Waals surface area contributed by atoms with Gasteiger partial charge in [0.25, 0.3) is 0 Å². The number of halogens is 1. The van der Waals surface area contributed by atoms with Crippen molar-refractivity contribution in [2.75, 3.05) is 13.1 Å². The van der Waals surface area contributed by atoms with Crippen LogP contribution in [0.2, 0.25) is 0 Å². The second kappa shape index (κ2) is 9.21. The highest BCUT2D eigenvalue weighted by molar-refractivity contribution is 5.86. The number of piperidine rings is 1. The fraction of sp³-hybridized carbons (Fsp3) is 0.647. The first-order valence-electron chi connectivity index (χ1n) is 8.22. The number of amides is 1. The maximum Gasteiger partial charge on any atom is 0.240 e. The van der Waals surface area contributed by atoms with Gasteiger partial charge in [0.2, 0.25) is 5.91 Å². The average Bonchev–Trinajstić information content (AvgIpc) is 2.50. The van der Waals surface area contributed by atoms with Gasteiger partial charge in [0.05, 0.1) is 5.54 Å². The summed E-state index contributed by atoms with van der Waals surface area (Å²) in [4.78, 5) is 18.8. The van der Waals surface area contributed by atoms with Crippen molar-refractivity contribution in [1.29, 1.82) is 0 Å². The lowest BCUT2D eigenvalue weighted by atomic mass is 9.95. The summed E-state index contributed by atoms with van der Waals surface area (Å²) in [5.74, 6) is -0.0138. The Morgan fingerprint density at radius 1 is 1.48 bits per heavy atom. The summed E-state index contributed by atoms with van der Waals surface area (Å²) in [6.45, 7) is 6.79. The molecule has 1 aromatic rings. The molecule has 1 aliphatic rings. The number of pyridine rings is 1. The molecule has 0 aromatic carbocycles. The molecule has 1 saturated heterocycles. The lowest BCUT2D eigenvalue weighted by Gasteiger charge is -2.34. The van der Waals surface area contributed by atoms with E-state index in [-0.39, 0.29) is 24.4 Å². The maximum absolute atomic E-state index is 12.2. The van der Waals surface area contributed by atoms with E-state index in [0.29, 0.717) is 0 Å². The molecule has 6 heteroatoms. The summed E-state index contributed by atoms with van der Waals surface area (Å²) in [6, 6.07) is 4.32. The third kappa shape index (κ3) is 6.09. The Bertz CT molecular complexity index is 473. The Labute approximate surface area is 145 Å². The van der Waals surface area contributed by atoms with E-state index in [1.807, 2.05) is 19.2 Å². The molecule has 2 rings (SSSR count). The normalized spacial score (nSPS) is 18.7. The zero-order chi connectivity index (χ0) is 16.0. The van der Waals surface area contributed by atoms with E-state index in [9.17, 15) is 4.79 Å². The van der Waals surface area contributed by atoms with Crippen LogP contribution >= 0.6 is 12.4 Å². The number of carbonyl (C=O) groups is 1. The number of likely N-dealkylation sites (tertiary alicyclic amines) is 1. The number of nitrogens with two attached hydrogens (primary N) is 1. The molecule has 3 N–H and O–H groups in total. The molecular formula is C17H29ClN4O. The maximum atomic E-state index is 12.2. The van der Waals surface area contributed by atoms with Gasteiger partial charge in [-0.3, -0.25) is 14.7 Å². The molecule has 23 heavy (non-hydrogen) atoms. The number of rotatable bonds is 6. The summed E-state index contributed by atoms with van der Waals surface area (Å²) in [5, 5.41) is 3.13. The van der Waals surface area contributed by atoms with Gasteiger partial charge in [0.1, 0.15) is 0 Å². The first-order valence-corrected chi connectivity index (χ1v) is 8.22. The molecule has 5 nitrogen and oxygen atoms in total. The lowest BCUT2D eigenvalue weighted by molar-refractivity contribution is -0.127. The van der Waals surface area contributed by atoms with Crippen molar-refractivity contribution in [2.24, 2.45) is 5.73 Å². The first kappa shape index (κ1) is 19.9. The van der Waals surface area contributed by atoms with Crippen molar-refractivity contribution >= 4 is 18.3 Å². The van der Waals surface area contributed by atoms with Gasteiger partial charge in [-0.05, 0) is 37.8 Å². The Morgan fingerprint density at radius 2 is 2.17 bits per heavy atom. The molecule has 0 spiro atoms. The smallest absolute Gasteiger partial charge is 0.240 e. The van der Waals surface area contributed by atoms with Gasteiger partial charge in [-0.15, -0.1) is 12.4 Å². The fourth-order valence-electron chi connectivity index (χ4n) is 2.97. The Kier molecular flexibility index (Phi) is 7.95. The van der Waals surface area contributed by atoms with Crippen LogP contribution < -0.4 is 11.1 Å².